The van der Waals surface area contributed by atoms with Crippen LogP contribution in [0.4, 0.5) is 4.39 Å². The van der Waals surface area contributed by atoms with Crippen molar-refractivity contribution >= 4 is 29.2 Å². The van der Waals surface area contributed by atoms with Gasteiger partial charge >= 0.3 is 0 Å². The quantitative estimate of drug-likeness (QED) is 0.667. The molecule has 2 aliphatic heterocycles. The average Bonchev–Trinajstić information content (AvgIpc) is 3.28. The number of rotatable bonds is 5. The van der Waals surface area contributed by atoms with Gasteiger partial charge in [0.1, 0.15) is 5.82 Å². The minimum atomic E-state index is -0.253. The number of halogens is 1. The predicted molar refractivity (Wildman–Crippen MR) is 119 cm³/mol. The smallest absolute Gasteiger partial charge is 0.246 e. The van der Waals surface area contributed by atoms with E-state index in [1.165, 1.54) is 12.1 Å². The van der Waals surface area contributed by atoms with Crippen molar-refractivity contribution in [3.63, 3.8) is 0 Å². The minimum absolute atomic E-state index is 0.0177. The van der Waals surface area contributed by atoms with Gasteiger partial charge in [-0.2, -0.15) is 0 Å². The Morgan fingerprint density at radius 1 is 0.935 bits per heavy atom. The third kappa shape index (κ3) is 5.78. The Morgan fingerprint density at radius 3 is 2.35 bits per heavy atom. The number of amides is 2. The molecule has 164 valence electrons. The normalized spacial score (nSPS) is 18.0. The molecule has 0 N–H and O–H groups in total. The Labute approximate surface area is 185 Å². The van der Waals surface area contributed by atoms with Gasteiger partial charge in [-0.15, -0.1) is 11.3 Å². The maximum atomic E-state index is 13.1. The van der Waals surface area contributed by atoms with Crippen molar-refractivity contribution in [1.82, 2.24) is 14.7 Å². The van der Waals surface area contributed by atoms with Crippen LogP contribution in [0, 0.1) is 5.82 Å². The average molecular weight is 444 g/mol. The van der Waals surface area contributed by atoms with Gasteiger partial charge in [-0.25, -0.2) is 4.39 Å². The zero-order valence-electron chi connectivity index (χ0n) is 17.3. The van der Waals surface area contributed by atoms with Crippen LogP contribution >= 0.6 is 11.3 Å². The molecule has 0 bridgehead atoms. The number of ether oxygens (including phenoxy) is 1. The number of benzene rings is 1. The van der Waals surface area contributed by atoms with Crippen molar-refractivity contribution in [2.75, 3.05) is 59.0 Å². The summed E-state index contributed by atoms with van der Waals surface area (Å²) < 4.78 is 18.4. The topological polar surface area (TPSA) is 53.1 Å². The first kappa shape index (κ1) is 21.7. The zero-order valence-corrected chi connectivity index (χ0v) is 18.2. The summed E-state index contributed by atoms with van der Waals surface area (Å²) in [5.41, 5.74) is 0.958. The number of piperazine rings is 1. The minimum Gasteiger partial charge on any atom is -0.378 e. The van der Waals surface area contributed by atoms with Gasteiger partial charge in [0.2, 0.25) is 11.8 Å². The van der Waals surface area contributed by atoms with Gasteiger partial charge < -0.3 is 14.5 Å². The molecule has 4 rings (SSSR count). The van der Waals surface area contributed by atoms with Crippen LogP contribution < -0.4 is 0 Å². The first-order valence-electron chi connectivity index (χ1n) is 10.5. The molecule has 2 amide bonds. The molecule has 2 aromatic rings. The van der Waals surface area contributed by atoms with Crippen LogP contribution in [0.5, 0.6) is 0 Å². The molecule has 3 heterocycles. The van der Waals surface area contributed by atoms with Crippen LogP contribution in [-0.4, -0.2) is 85.5 Å². The summed E-state index contributed by atoms with van der Waals surface area (Å²) in [6, 6.07) is 10.3. The van der Waals surface area contributed by atoms with Gasteiger partial charge in [0, 0.05) is 55.1 Å². The van der Waals surface area contributed by atoms with Gasteiger partial charge in [0.05, 0.1) is 19.8 Å². The third-order valence-corrected chi connectivity index (χ3v) is 6.65. The summed E-state index contributed by atoms with van der Waals surface area (Å²) in [6.45, 7) is 5.56. The molecule has 0 saturated carbocycles. The molecule has 1 aromatic carbocycles. The molecule has 2 fully saturated rings. The van der Waals surface area contributed by atoms with Crippen molar-refractivity contribution < 1.29 is 18.7 Å². The van der Waals surface area contributed by atoms with Gasteiger partial charge in [0.15, 0.2) is 0 Å². The Morgan fingerprint density at radius 2 is 1.65 bits per heavy atom. The van der Waals surface area contributed by atoms with Crippen molar-refractivity contribution in [2.45, 2.75) is 0 Å². The van der Waals surface area contributed by atoms with Gasteiger partial charge in [-0.1, -0.05) is 12.1 Å². The molecule has 0 spiro atoms. The lowest BCUT2D eigenvalue weighted by Gasteiger charge is -2.35. The number of hydrogen-bond donors (Lipinski definition) is 0. The lowest BCUT2D eigenvalue weighted by atomic mass is 10.2. The molecule has 0 radical (unpaired) electrons. The van der Waals surface area contributed by atoms with E-state index in [4.69, 9.17) is 4.74 Å². The zero-order chi connectivity index (χ0) is 21.6. The van der Waals surface area contributed by atoms with Crippen molar-refractivity contribution in [1.29, 1.82) is 0 Å². The van der Waals surface area contributed by atoms with Crippen LogP contribution in [0.3, 0.4) is 0 Å². The fourth-order valence-electron chi connectivity index (χ4n) is 3.70. The maximum Gasteiger partial charge on any atom is 0.246 e. The first-order chi connectivity index (χ1) is 15.1. The van der Waals surface area contributed by atoms with E-state index in [-0.39, 0.29) is 17.6 Å². The highest BCUT2D eigenvalue weighted by Crippen LogP contribution is 2.29. The molecule has 2 saturated heterocycles. The number of thiophene rings is 1. The second kappa shape index (κ2) is 10.2. The highest BCUT2D eigenvalue weighted by Gasteiger charge is 2.24. The molecule has 6 nitrogen and oxygen atoms in total. The highest BCUT2D eigenvalue weighted by atomic mass is 32.1. The molecule has 1 aromatic heterocycles. The van der Waals surface area contributed by atoms with E-state index in [0.717, 1.165) is 15.3 Å². The number of morpholine rings is 1. The molecular weight excluding hydrogens is 417 g/mol. The summed E-state index contributed by atoms with van der Waals surface area (Å²) in [6.07, 6.45) is 3.43. The Kier molecular flexibility index (Phi) is 7.11. The van der Waals surface area contributed by atoms with E-state index in [9.17, 15) is 14.0 Å². The Hall–Kier alpha value is -2.55. The fourth-order valence-corrected chi connectivity index (χ4v) is 4.62. The summed E-state index contributed by atoms with van der Waals surface area (Å²) in [4.78, 5) is 32.7. The number of hydrogen-bond acceptors (Lipinski definition) is 5. The molecule has 2 aliphatic rings. The van der Waals surface area contributed by atoms with Crippen molar-refractivity contribution in [2.24, 2.45) is 0 Å². The number of carbonyl (C=O) groups excluding carboxylic acids is 2. The molecule has 0 aliphatic carbocycles. The number of nitrogens with zero attached hydrogens (tertiary/aromatic N) is 3. The van der Waals surface area contributed by atoms with Crippen LogP contribution in [0.15, 0.2) is 42.5 Å². The summed E-state index contributed by atoms with van der Waals surface area (Å²) in [7, 11) is 0. The number of carbonyl (C=O) groups is 2. The first-order valence-corrected chi connectivity index (χ1v) is 11.3. The SMILES string of the molecule is O=C(C=Cc1ccc(-c2ccc(F)cc2)s1)N1CCN(CC(=O)N2CCOCC2)CC1. The van der Waals surface area contributed by atoms with Crippen LogP contribution in [0.25, 0.3) is 16.5 Å². The second-order valence-electron chi connectivity index (χ2n) is 7.64. The fraction of sp³-hybridized carbons (Fsp3) is 0.391. The molecule has 8 heteroatoms. The molecule has 0 unspecified atom stereocenters. The van der Waals surface area contributed by atoms with Gasteiger partial charge in [0.25, 0.3) is 0 Å². The second-order valence-corrected chi connectivity index (χ2v) is 8.75. The largest absolute Gasteiger partial charge is 0.378 e. The van der Waals surface area contributed by atoms with E-state index in [0.29, 0.717) is 59.0 Å². The monoisotopic (exact) mass is 443 g/mol. The summed E-state index contributed by atoms with van der Waals surface area (Å²) in [5, 5.41) is 0. The Bertz CT molecular complexity index is 930. The standard InChI is InChI=1S/C23H26FN3O3S/c24-19-3-1-18(2-4-19)21-7-5-20(31-21)6-8-22(28)26-11-9-25(10-12-26)17-23(29)27-13-15-30-16-14-27/h1-8H,9-17H2. The van der Waals surface area contributed by atoms with E-state index in [1.54, 1.807) is 29.5 Å². The summed E-state index contributed by atoms with van der Waals surface area (Å²) >= 11 is 1.56. The molecule has 0 atom stereocenters. The summed E-state index contributed by atoms with van der Waals surface area (Å²) in [5.74, 6) is -0.134. The Balaban J connectivity index is 1.25. The lowest BCUT2D eigenvalue weighted by molar-refractivity contribution is -0.137. The van der Waals surface area contributed by atoms with E-state index < -0.39 is 0 Å². The van der Waals surface area contributed by atoms with Crippen LogP contribution in [0.1, 0.15) is 4.88 Å². The van der Waals surface area contributed by atoms with E-state index in [1.807, 2.05) is 28.0 Å². The van der Waals surface area contributed by atoms with Crippen molar-refractivity contribution in [3.8, 4) is 10.4 Å². The van der Waals surface area contributed by atoms with Crippen LogP contribution in [0.2, 0.25) is 0 Å². The molecular formula is C23H26FN3O3S. The lowest BCUT2D eigenvalue weighted by Crippen LogP contribution is -2.52. The van der Waals surface area contributed by atoms with Crippen LogP contribution in [-0.2, 0) is 14.3 Å². The van der Waals surface area contributed by atoms with Gasteiger partial charge in [-0.3, -0.25) is 14.5 Å². The van der Waals surface area contributed by atoms with Gasteiger partial charge in [-0.05, 0) is 35.9 Å². The predicted octanol–water partition coefficient (Wildman–Crippen LogP) is 2.57. The molecule has 31 heavy (non-hydrogen) atoms. The van der Waals surface area contributed by atoms with E-state index in [2.05, 4.69) is 4.90 Å². The highest BCUT2D eigenvalue weighted by molar-refractivity contribution is 7.16. The third-order valence-electron chi connectivity index (χ3n) is 5.55. The van der Waals surface area contributed by atoms with Crippen molar-refractivity contribution in [3.05, 3.63) is 53.2 Å². The maximum absolute atomic E-state index is 13.1. The van der Waals surface area contributed by atoms with E-state index >= 15 is 0 Å².